The third kappa shape index (κ3) is 5.83. The van der Waals surface area contributed by atoms with Crippen molar-refractivity contribution in [1.29, 1.82) is 5.26 Å². The first-order valence-corrected chi connectivity index (χ1v) is 13.8. The van der Waals surface area contributed by atoms with Crippen molar-refractivity contribution in [2.24, 2.45) is 0 Å². The van der Waals surface area contributed by atoms with E-state index in [0.717, 1.165) is 55.1 Å². The molecule has 0 amide bonds. The van der Waals surface area contributed by atoms with Crippen LogP contribution in [0, 0.1) is 17.1 Å². The Labute approximate surface area is 237 Å². The number of ether oxygens (including phenoxy) is 2. The summed E-state index contributed by atoms with van der Waals surface area (Å²) in [7, 11) is 0. The highest BCUT2D eigenvalue weighted by atomic mass is 19.1. The molecular weight excluding hydrogens is 521 g/mol. The van der Waals surface area contributed by atoms with Gasteiger partial charge in [0.1, 0.15) is 18.2 Å². The second kappa shape index (κ2) is 11.5. The lowest BCUT2D eigenvalue weighted by Gasteiger charge is -2.30. The normalized spacial score (nSPS) is 18.2. The summed E-state index contributed by atoms with van der Waals surface area (Å²) in [5.74, 6) is 1.07. The van der Waals surface area contributed by atoms with Crippen LogP contribution in [0.15, 0.2) is 66.9 Å². The standard InChI is InChI=1S/C32H30FN5O3/c1-21(39)24-7-8-29-30(16-24)38(18-26-11-14-40-26)31(35-29)19-37-12-9-23(10-13-37)28-3-2-4-32(36-28)41-20-25-6-5-22(17-34)15-27(25)33/h2-9,12,15-16,23,26H,10-11,13-14,18-20H2,1H3/t23?,26-/m0/s1. The number of ketones is 1. The van der Waals surface area contributed by atoms with Gasteiger partial charge in [-0.25, -0.2) is 14.4 Å². The second-order valence-corrected chi connectivity index (χ2v) is 10.5. The van der Waals surface area contributed by atoms with Crippen molar-refractivity contribution < 1.29 is 18.7 Å². The van der Waals surface area contributed by atoms with E-state index in [1.54, 1.807) is 25.1 Å². The summed E-state index contributed by atoms with van der Waals surface area (Å²) in [4.78, 5) is 23.8. The summed E-state index contributed by atoms with van der Waals surface area (Å²) < 4.78 is 27.9. The van der Waals surface area contributed by atoms with Gasteiger partial charge in [-0.1, -0.05) is 18.2 Å². The molecule has 9 heteroatoms. The predicted octanol–water partition coefficient (Wildman–Crippen LogP) is 5.52. The lowest BCUT2D eigenvalue weighted by molar-refractivity contribution is -0.0591. The smallest absolute Gasteiger partial charge is 0.213 e. The molecule has 0 spiro atoms. The second-order valence-electron chi connectivity index (χ2n) is 10.5. The van der Waals surface area contributed by atoms with Crippen LogP contribution in [0.3, 0.4) is 0 Å². The number of pyridine rings is 1. The SMILES string of the molecule is CC(=O)c1ccc2nc(CN3C=CC(c4cccc(OCc5ccc(C#N)cc5F)n4)CC3)n(C[C@@H]3CCO3)c2c1. The van der Waals surface area contributed by atoms with E-state index in [1.165, 1.54) is 6.07 Å². The van der Waals surface area contributed by atoms with Crippen LogP contribution >= 0.6 is 0 Å². The quantitative estimate of drug-likeness (QED) is 0.253. The Morgan fingerprint density at radius 1 is 1.17 bits per heavy atom. The molecule has 6 rings (SSSR count). The van der Waals surface area contributed by atoms with Crippen LogP contribution in [0.2, 0.25) is 0 Å². The zero-order valence-electron chi connectivity index (χ0n) is 22.8. The van der Waals surface area contributed by atoms with Gasteiger partial charge in [-0.2, -0.15) is 5.26 Å². The molecule has 4 heterocycles. The van der Waals surface area contributed by atoms with E-state index in [2.05, 4.69) is 26.7 Å². The number of imidazole rings is 1. The van der Waals surface area contributed by atoms with Gasteiger partial charge in [0, 0.05) is 36.3 Å². The third-order valence-electron chi connectivity index (χ3n) is 7.70. The van der Waals surface area contributed by atoms with Gasteiger partial charge in [-0.15, -0.1) is 0 Å². The Hall–Kier alpha value is -4.55. The number of carbonyl (C=O) groups is 1. The average Bonchev–Trinajstić information content (AvgIpc) is 3.30. The molecule has 1 fully saturated rings. The molecule has 2 aromatic heterocycles. The van der Waals surface area contributed by atoms with E-state index in [9.17, 15) is 9.18 Å². The number of fused-ring (bicyclic) bond motifs is 1. The first-order chi connectivity index (χ1) is 20.0. The molecule has 4 aromatic rings. The Morgan fingerprint density at radius 2 is 2.05 bits per heavy atom. The number of aromatic nitrogens is 3. The van der Waals surface area contributed by atoms with Crippen LogP contribution < -0.4 is 4.74 Å². The van der Waals surface area contributed by atoms with E-state index >= 15 is 0 Å². The number of hydrogen-bond donors (Lipinski definition) is 0. The van der Waals surface area contributed by atoms with Crippen molar-refractivity contribution in [2.45, 2.75) is 51.5 Å². The van der Waals surface area contributed by atoms with Gasteiger partial charge in [0.15, 0.2) is 5.78 Å². The van der Waals surface area contributed by atoms with E-state index < -0.39 is 5.82 Å². The number of nitriles is 1. The monoisotopic (exact) mass is 551 g/mol. The lowest BCUT2D eigenvalue weighted by Crippen LogP contribution is -2.32. The minimum atomic E-state index is -0.469. The number of Topliss-reactive ketones (excluding diaryl/α,β-unsaturated/α-hetero) is 1. The van der Waals surface area contributed by atoms with Crippen molar-refractivity contribution in [2.75, 3.05) is 13.2 Å². The summed E-state index contributed by atoms with van der Waals surface area (Å²) in [6.07, 6.45) is 6.31. The largest absolute Gasteiger partial charge is 0.473 e. The maximum Gasteiger partial charge on any atom is 0.213 e. The fraction of sp³-hybridized carbons (Fsp3) is 0.312. The summed E-state index contributed by atoms with van der Waals surface area (Å²) >= 11 is 0. The molecule has 2 aliphatic rings. The highest BCUT2D eigenvalue weighted by molar-refractivity contribution is 5.97. The lowest BCUT2D eigenvalue weighted by atomic mass is 9.98. The van der Waals surface area contributed by atoms with Gasteiger partial charge in [-0.3, -0.25) is 4.79 Å². The van der Waals surface area contributed by atoms with Crippen molar-refractivity contribution in [1.82, 2.24) is 19.4 Å². The molecule has 8 nitrogen and oxygen atoms in total. The molecule has 1 saturated heterocycles. The van der Waals surface area contributed by atoms with E-state index in [0.29, 0.717) is 23.6 Å². The minimum absolute atomic E-state index is 0.0308. The molecule has 0 bridgehead atoms. The van der Waals surface area contributed by atoms with Gasteiger partial charge >= 0.3 is 0 Å². The number of halogens is 1. The highest BCUT2D eigenvalue weighted by Gasteiger charge is 2.24. The fourth-order valence-electron chi connectivity index (χ4n) is 5.21. The molecule has 2 aliphatic heterocycles. The molecular formula is C32H30FN5O3. The van der Waals surface area contributed by atoms with Crippen LogP contribution in [0.1, 0.15) is 58.7 Å². The molecule has 2 atom stereocenters. The van der Waals surface area contributed by atoms with Gasteiger partial charge in [0.2, 0.25) is 5.88 Å². The highest BCUT2D eigenvalue weighted by Crippen LogP contribution is 2.28. The van der Waals surface area contributed by atoms with Crippen LogP contribution in [0.4, 0.5) is 4.39 Å². The fourth-order valence-corrected chi connectivity index (χ4v) is 5.21. The van der Waals surface area contributed by atoms with Crippen LogP contribution in [-0.2, 0) is 24.4 Å². The first kappa shape index (κ1) is 26.7. The van der Waals surface area contributed by atoms with Crippen LogP contribution in [0.25, 0.3) is 11.0 Å². The van der Waals surface area contributed by atoms with E-state index in [1.807, 2.05) is 36.4 Å². The molecule has 208 valence electrons. The Kier molecular flexibility index (Phi) is 7.49. The van der Waals surface area contributed by atoms with Crippen molar-refractivity contribution in [3.05, 3.63) is 101 Å². The van der Waals surface area contributed by atoms with Gasteiger partial charge in [0.25, 0.3) is 0 Å². The molecule has 2 aromatic carbocycles. The molecule has 1 unspecified atom stereocenters. The maximum atomic E-state index is 14.2. The molecule has 0 radical (unpaired) electrons. The number of rotatable bonds is 9. The number of hydrogen-bond acceptors (Lipinski definition) is 7. The Bertz CT molecular complexity index is 1670. The van der Waals surface area contributed by atoms with Crippen LogP contribution in [-0.4, -0.2) is 44.5 Å². The molecule has 0 saturated carbocycles. The van der Waals surface area contributed by atoms with Crippen molar-refractivity contribution >= 4 is 16.8 Å². The third-order valence-corrected chi connectivity index (χ3v) is 7.70. The van der Waals surface area contributed by atoms with Crippen molar-refractivity contribution in [3.63, 3.8) is 0 Å². The van der Waals surface area contributed by atoms with Gasteiger partial charge < -0.3 is 18.9 Å². The van der Waals surface area contributed by atoms with E-state index in [4.69, 9.17) is 19.7 Å². The average molecular weight is 552 g/mol. The maximum absolute atomic E-state index is 14.2. The first-order valence-electron chi connectivity index (χ1n) is 13.8. The predicted molar refractivity (Wildman–Crippen MR) is 151 cm³/mol. The number of carbonyl (C=O) groups excluding carboxylic acids is 1. The van der Waals surface area contributed by atoms with Crippen molar-refractivity contribution in [3.8, 4) is 11.9 Å². The number of allylic oxidation sites excluding steroid dienone is 1. The van der Waals surface area contributed by atoms with Gasteiger partial charge in [0.05, 0.1) is 47.6 Å². The topological polar surface area (TPSA) is 93.3 Å². The molecule has 41 heavy (non-hydrogen) atoms. The summed E-state index contributed by atoms with van der Waals surface area (Å²) in [5.41, 5.74) is 4.06. The summed E-state index contributed by atoms with van der Waals surface area (Å²) in [6, 6.07) is 17.6. The number of nitrogens with zero attached hydrogens (tertiary/aromatic N) is 5. The summed E-state index contributed by atoms with van der Waals surface area (Å²) in [6.45, 7) is 4.59. The van der Waals surface area contributed by atoms with Crippen LogP contribution in [0.5, 0.6) is 5.88 Å². The summed E-state index contributed by atoms with van der Waals surface area (Å²) in [5, 5.41) is 8.93. The van der Waals surface area contributed by atoms with Gasteiger partial charge in [-0.05, 0) is 62.4 Å². The molecule has 0 N–H and O–H groups in total. The number of benzene rings is 2. The minimum Gasteiger partial charge on any atom is -0.473 e. The Morgan fingerprint density at radius 3 is 2.76 bits per heavy atom. The zero-order valence-corrected chi connectivity index (χ0v) is 22.8. The molecule has 0 aliphatic carbocycles. The Balaban J connectivity index is 1.14. The van der Waals surface area contributed by atoms with E-state index in [-0.39, 0.29) is 30.0 Å². The zero-order chi connectivity index (χ0) is 28.3.